The Bertz CT molecular complexity index is 471. The van der Waals surface area contributed by atoms with Crippen LogP contribution in [0.2, 0.25) is 0 Å². The quantitative estimate of drug-likeness (QED) is 0.759. The molecule has 0 bridgehead atoms. The molecule has 88 valence electrons. The third-order valence-corrected chi connectivity index (χ3v) is 2.93. The van der Waals surface area contributed by atoms with Gasteiger partial charge in [0.05, 0.1) is 0 Å². The minimum atomic E-state index is 0.516. The van der Waals surface area contributed by atoms with Crippen LogP contribution in [0.1, 0.15) is 12.5 Å². The Balaban J connectivity index is 2.35. The number of pyridine rings is 1. The molecule has 0 N–H and O–H groups in total. The molecule has 0 saturated carbocycles. The van der Waals surface area contributed by atoms with Gasteiger partial charge in [0.2, 0.25) is 0 Å². The number of aromatic nitrogens is 1. The maximum absolute atomic E-state index is 5.85. The van der Waals surface area contributed by atoms with Crippen molar-refractivity contribution in [2.24, 2.45) is 0 Å². The number of para-hydroxylation sites is 1. The first-order chi connectivity index (χ1) is 8.35. The van der Waals surface area contributed by atoms with E-state index in [0.29, 0.717) is 5.88 Å². The first kappa shape index (κ1) is 11.9. The molecule has 0 aliphatic heterocycles. The van der Waals surface area contributed by atoms with E-state index >= 15 is 0 Å². The summed E-state index contributed by atoms with van der Waals surface area (Å²) in [5.74, 6) is 1.46. The molecule has 0 saturated heterocycles. The first-order valence-corrected chi connectivity index (χ1v) is 6.22. The van der Waals surface area contributed by atoms with Crippen LogP contribution in [0.15, 0.2) is 48.7 Å². The molecule has 2 aromatic rings. The van der Waals surface area contributed by atoms with E-state index in [4.69, 9.17) is 11.6 Å². The van der Waals surface area contributed by atoms with Gasteiger partial charge in [-0.2, -0.15) is 0 Å². The van der Waals surface area contributed by atoms with Gasteiger partial charge >= 0.3 is 0 Å². The summed E-state index contributed by atoms with van der Waals surface area (Å²) in [5, 5.41) is 0. The zero-order chi connectivity index (χ0) is 12.1. The van der Waals surface area contributed by atoms with Crippen molar-refractivity contribution in [2.75, 3.05) is 11.4 Å². The normalized spacial score (nSPS) is 10.2. The molecule has 0 unspecified atom stereocenters. The SMILES string of the molecule is CCN(c1ccccc1)c1cc(CCl)ccn1. The average Bonchev–Trinajstić information content (AvgIpc) is 2.41. The number of hydrogen-bond acceptors (Lipinski definition) is 2. The average molecular weight is 247 g/mol. The second-order valence-corrected chi connectivity index (χ2v) is 4.00. The fraction of sp³-hybridized carbons (Fsp3) is 0.214. The molecule has 0 spiro atoms. The number of nitrogens with zero attached hydrogens (tertiary/aromatic N) is 2. The second kappa shape index (κ2) is 5.69. The van der Waals surface area contributed by atoms with Crippen molar-refractivity contribution in [2.45, 2.75) is 12.8 Å². The van der Waals surface area contributed by atoms with Crippen LogP contribution in [0.4, 0.5) is 11.5 Å². The van der Waals surface area contributed by atoms with Crippen LogP contribution in [-0.2, 0) is 5.88 Å². The first-order valence-electron chi connectivity index (χ1n) is 5.68. The Kier molecular flexibility index (Phi) is 3.99. The monoisotopic (exact) mass is 246 g/mol. The molecular weight excluding hydrogens is 232 g/mol. The molecule has 0 aliphatic rings. The molecule has 0 fully saturated rings. The summed E-state index contributed by atoms with van der Waals surface area (Å²) in [6.45, 7) is 2.99. The smallest absolute Gasteiger partial charge is 0.133 e. The van der Waals surface area contributed by atoms with Crippen LogP contribution in [0, 0.1) is 0 Å². The number of hydrogen-bond donors (Lipinski definition) is 0. The third kappa shape index (κ3) is 2.77. The summed E-state index contributed by atoms with van der Waals surface area (Å²) in [4.78, 5) is 6.56. The highest BCUT2D eigenvalue weighted by Crippen LogP contribution is 2.23. The predicted molar refractivity (Wildman–Crippen MR) is 72.9 cm³/mol. The number of benzene rings is 1. The van der Waals surface area contributed by atoms with Crippen LogP contribution >= 0.6 is 11.6 Å². The molecule has 1 aromatic heterocycles. The molecule has 3 heteroatoms. The van der Waals surface area contributed by atoms with E-state index in [1.165, 1.54) is 0 Å². The Morgan fingerprint density at radius 3 is 2.59 bits per heavy atom. The Morgan fingerprint density at radius 2 is 1.94 bits per heavy atom. The van der Waals surface area contributed by atoms with Crippen molar-refractivity contribution < 1.29 is 0 Å². The van der Waals surface area contributed by atoms with E-state index in [-0.39, 0.29) is 0 Å². The predicted octanol–water partition coefficient (Wildman–Crippen LogP) is 3.98. The third-order valence-electron chi connectivity index (χ3n) is 2.62. The Labute approximate surface area is 107 Å². The molecule has 1 aromatic carbocycles. The summed E-state index contributed by atoms with van der Waals surface area (Å²) in [6, 6.07) is 14.2. The second-order valence-electron chi connectivity index (χ2n) is 3.74. The van der Waals surface area contributed by atoms with Crippen LogP contribution in [0.5, 0.6) is 0 Å². The van der Waals surface area contributed by atoms with E-state index in [0.717, 1.165) is 23.6 Å². The van der Waals surface area contributed by atoms with Crippen molar-refractivity contribution in [3.05, 3.63) is 54.2 Å². The maximum atomic E-state index is 5.85. The van der Waals surface area contributed by atoms with E-state index in [1.807, 2.05) is 30.3 Å². The van der Waals surface area contributed by atoms with Crippen LogP contribution in [-0.4, -0.2) is 11.5 Å². The zero-order valence-corrected chi connectivity index (χ0v) is 10.6. The van der Waals surface area contributed by atoms with Gasteiger partial charge in [-0.05, 0) is 36.8 Å². The number of halogens is 1. The van der Waals surface area contributed by atoms with E-state index in [1.54, 1.807) is 6.20 Å². The van der Waals surface area contributed by atoms with Crippen molar-refractivity contribution in [3.8, 4) is 0 Å². The standard InChI is InChI=1S/C14H15ClN2/c1-2-17(13-6-4-3-5-7-13)14-10-12(11-15)8-9-16-14/h3-10H,2,11H2,1H3. The minimum absolute atomic E-state index is 0.516. The molecule has 2 nitrogen and oxygen atoms in total. The molecule has 1 heterocycles. The van der Waals surface area contributed by atoms with Gasteiger partial charge in [0, 0.05) is 24.3 Å². The fourth-order valence-corrected chi connectivity index (χ4v) is 1.94. The van der Waals surface area contributed by atoms with Gasteiger partial charge in [-0.25, -0.2) is 4.98 Å². The van der Waals surface area contributed by atoms with Gasteiger partial charge in [-0.1, -0.05) is 18.2 Å². The minimum Gasteiger partial charge on any atom is -0.327 e. The van der Waals surface area contributed by atoms with Gasteiger partial charge in [-0.3, -0.25) is 0 Å². The highest BCUT2D eigenvalue weighted by molar-refractivity contribution is 6.17. The largest absolute Gasteiger partial charge is 0.327 e. The molecule has 0 radical (unpaired) electrons. The summed E-state index contributed by atoms with van der Waals surface area (Å²) in [5.41, 5.74) is 2.24. The fourth-order valence-electron chi connectivity index (χ4n) is 1.78. The maximum Gasteiger partial charge on any atom is 0.133 e. The molecular formula is C14H15ClN2. The Hall–Kier alpha value is -1.54. The van der Waals surface area contributed by atoms with Gasteiger partial charge in [0.15, 0.2) is 0 Å². The van der Waals surface area contributed by atoms with Crippen LogP contribution in [0.3, 0.4) is 0 Å². The highest BCUT2D eigenvalue weighted by atomic mass is 35.5. The summed E-state index contributed by atoms with van der Waals surface area (Å²) in [7, 11) is 0. The van der Waals surface area contributed by atoms with Crippen molar-refractivity contribution >= 4 is 23.1 Å². The van der Waals surface area contributed by atoms with E-state index in [9.17, 15) is 0 Å². The number of rotatable bonds is 4. The van der Waals surface area contributed by atoms with Gasteiger partial charge in [0.25, 0.3) is 0 Å². The van der Waals surface area contributed by atoms with Gasteiger partial charge in [-0.15, -0.1) is 11.6 Å². The molecule has 0 aliphatic carbocycles. The molecule has 0 atom stereocenters. The molecule has 17 heavy (non-hydrogen) atoms. The van der Waals surface area contributed by atoms with Crippen molar-refractivity contribution in [1.29, 1.82) is 0 Å². The number of alkyl halides is 1. The summed E-state index contributed by atoms with van der Waals surface area (Å²) < 4.78 is 0. The van der Waals surface area contributed by atoms with Crippen LogP contribution in [0.25, 0.3) is 0 Å². The lowest BCUT2D eigenvalue weighted by Crippen LogP contribution is -2.17. The molecule has 2 rings (SSSR count). The zero-order valence-electron chi connectivity index (χ0n) is 9.81. The lowest BCUT2D eigenvalue weighted by molar-refractivity contribution is 0.986. The molecule has 0 amide bonds. The summed E-state index contributed by atoms with van der Waals surface area (Å²) >= 11 is 5.85. The van der Waals surface area contributed by atoms with Gasteiger partial charge < -0.3 is 4.90 Å². The van der Waals surface area contributed by atoms with Crippen LogP contribution < -0.4 is 4.90 Å². The summed E-state index contributed by atoms with van der Waals surface area (Å²) in [6.07, 6.45) is 1.80. The topological polar surface area (TPSA) is 16.1 Å². The van der Waals surface area contributed by atoms with Gasteiger partial charge in [0.1, 0.15) is 5.82 Å². The lowest BCUT2D eigenvalue weighted by atomic mass is 10.2. The highest BCUT2D eigenvalue weighted by Gasteiger charge is 2.08. The van der Waals surface area contributed by atoms with Crippen molar-refractivity contribution in [1.82, 2.24) is 4.98 Å². The number of anilines is 2. The van der Waals surface area contributed by atoms with Crippen molar-refractivity contribution in [3.63, 3.8) is 0 Å². The van der Waals surface area contributed by atoms with E-state index in [2.05, 4.69) is 28.9 Å². The van der Waals surface area contributed by atoms with E-state index < -0.39 is 0 Å². The Morgan fingerprint density at radius 1 is 1.18 bits per heavy atom. The lowest BCUT2D eigenvalue weighted by Gasteiger charge is -2.22.